The summed E-state index contributed by atoms with van der Waals surface area (Å²) in [4.78, 5) is 66.0. The molecule has 0 saturated heterocycles. The summed E-state index contributed by atoms with van der Waals surface area (Å²) in [6, 6.07) is 8.73. The minimum atomic E-state index is -1.24. The number of esters is 1. The highest BCUT2D eigenvalue weighted by molar-refractivity contribution is 7.84. The lowest BCUT2D eigenvalue weighted by molar-refractivity contribution is -0.149. The van der Waals surface area contributed by atoms with Crippen LogP contribution in [0, 0.1) is 13.8 Å². The van der Waals surface area contributed by atoms with E-state index in [2.05, 4.69) is 15.4 Å². The van der Waals surface area contributed by atoms with E-state index in [1.54, 1.807) is 26.0 Å². The van der Waals surface area contributed by atoms with Gasteiger partial charge in [-0.3, -0.25) is 33.1 Å². The number of hydrogen-bond donors (Lipinski definition) is 5. The Morgan fingerprint density at radius 2 is 1.50 bits per heavy atom. The molecule has 0 fully saturated rings. The number of ether oxygens (including phenoxy) is 1. The fourth-order valence-electron chi connectivity index (χ4n) is 5.49. The number of carbonyl (C=O) groups is 5. The monoisotopic (exact) mass is 715 g/mol. The van der Waals surface area contributed by atoms with Crippen molar-refractivity contribution in [2.45, 2.75) is 89.8 Å². The van der Waals surface area contributed by atoms with Gasteiger partial charge >= 0.3 is 5.97 Å². The topological polar surface area (TPSA) is 211 Å². The van der Waals surface area contributed by atoms with E-state index in [0.717, 1.165) is 31.2 Å². The van der Waals surface area contributed by atoms with Crippen molar-refractivity contribution in [1.29, 1.82) is 0 Å². The molecule has 276 valence electrons. The van der Waals surface area contributed by atoms with Crippen molar-refractivity contribution >= 4 is 40.4 Å². The molecule has 0 spiro atoms. The molecule has 1 unspecified atom stereocenters. The Balaban J connectivity index is 2.17. The van der Waals surface area contributed by atoms with E-state index < -0.39 is 59.1 Å². The first kappa shape index (κ1) is 42.0. The summed E-state index contributed by atoms with van der Waals surface area (Å²) in [5.41, 5.74) is 15.4. The first-order valence-electron chi connectivity index (χ1n) is 16.9. The zero-order valence-corrected chi connectivity index (χ0v) is 30.4. The van der Waals surface area contributed by atoms with Gasteiger partial charge in [-0.1, -0.05) is 49.6 Å². The molecule has 4 atom stereocenters. The number of methoxy groups -OCH3 is 1. The van der Waals surface area contributed by atoms with Crippen LogP contribution in [0.5, 0.6) is 5.75 Å². The van der Waals surface area contributed by atoms with E-state index in [0.29, 0.717) is 41.0 Å². The Morgan fingerprint density at radius 1 is 0.900 bits per heavy atom. The first-order chi connectivity index (χ1) is 23.7. The molecule has 0 heterocycles. The third kappa shape index (κ3) is 14.8. The van der Waals surface area contributed by atoms with Crippen LogP contribution in [0.2, 0.25) is 0 Å². The second kappa shape index (κ2) is 21.8. The number of benzene rings is 2. The molecule has 50 heavy (non-hydrogen) atoms. The number of amides is 4. The number of rotatable bonds is 21. The Hall–Kier alpha value is -4.14. The minimum Gasteiger partial charge on any atom is -0.508 e. The molecule has 0 radical (unpaired) electrons. The van der Waals surface area contributed by atoms with Crippen molar-refractivity contribution < 1.29 is 38.0 Å². The Morgan fingerprint density at radius 3 is 2.12 bits per heavy atom. The lowest BCUT2D eigenvalue weighted by Gasteiger charge is -2.27. The molecular formula is C36H53N5O8S. The van der Waals surface area contributed by atoms with Crippen molar-refractivity contribution in [2.24, 2.45) is 11.5 Å². The van der Waals surface area contributed by atoms with Gasteiger partial charge < -0.3 is 31.9 Å². The third-order valence-electron chi connectivity index (χ3n) is 8.31. The molecule has 7 N–H and O–H groups in total. The number of aromatic hydroxyl groups is 1. The standard InChI is InChI=1S/C36H53N5O8S/c1-24-19-27(42)20-25(2)28(24)22-30(38)36(47)41(35(46)29(37)16-18-50(4)48)23-32(43)40-31(21-26-13-9-8-10-14-26)34(45)39-17-12-7-5-6-11-15-33(44)49-3/h8-10,13-14,19-20,29-31,42H,5-7,11-12,15-18,21-23,37-38H2,1-4H3,(H,39,45)(H,40,43)/t29-,30+,31+,50?/m1/s1. The molecule has 4 amide bonds. The van der Waals surface area contributed by atoms with Crippen LogP contribution < -0.4 is 22.1 Å². The van der Waals surface area contributed by atoms with Crippen LogP contribution >= 0.6 is 0 Å². The molecule has 0 aromatic heterocycles. The first-order valence-corrected chi connectivity index (χ1v) is 18.6. The number of nitrogens with zero attached hydrogens (tertiary/aromatic N) is 1. The molecule has 0 aliphatic carbocycles. The third-order valence-corrected chi connectivity index (χ3v) is 9.12. The number of aryl methyl sites for hydroxylation is 2. The van der Waals surface area contributed by atoms with Crippen LogP contribution in [0.3, 0.4) is 0 Å². The number of nitrogens with one attached hydrogen (secondary N) is 2. The Kier molecular flexibility index (Phi) is 18.4. The van der Waals surface area contributed by atoms with Gasteiger partial charge in [-0.25, -0.2) is 0 Å². The van der Waals surface area contributed by atoms with Gasteiger partial charge in [0.15, 0.2) is 0 Å². The van der Waals surface area contributed by atoms with E-state index >= 15 is 0 Å². The summed E-state index contributed by atoms with van der Waals surface area (Å²) in [5.74, 6) is -2.91. The molecule has 0 bridgehead atoms. The zero-order valence-electron chi connectivity index (χ0n) is 29.6. The summed E-state index contributed by atoms with van der Waals surface area (Å²) in [5, 5.41) is 15.5. The average Bonchev–Trinajstić information content (AvgIpc) is 3.07. The fraction of sp³-hybridized carbons (Fsp3) is 0.528. The Bertz CT molecular complexity index is 1450. The maximum atomic E-state index is 13.7. The van der Waals surface area contributed by atoms with Crippen LogP contribution in [-0.2, 0) is 52.4 Å². The van der Waals surface area contributed by atoms with Crippen molar-refractivity contribution in [2.75, 3.05) is 32.2 Å². The second-order valence-electron chi connectivity index (χ2n) is 12.5. The van der Waals surface area contributed by atoms with Crippen LogP contribution in [0.1, 0.15) is 67.2 Å². The van der Waals surface area contributed by atoms with Crippen LogP contribution in [0.15, 0.2) is 42.5 Å². The van der Waals surface area contributed by atoms with Gasteiger partial charge in [0.25, 0.3) is 0 Å². The largest absolute Gasteiger partial charge is 0.508 e. The van der Waals surface area contributed by atoms with E-state index in [1.165, 1.54) is 13.4 Å². The zero-order chi connectivity index (χ0) is 37.2. The van der Waals surface area contributed by atoms with E-state index in [4.69, 9.17) is 11.5 Å². The molecule has 0 saturated carbocycles. The molecule has 0 aliphatic heterocycles. The average molecular weight is 716 g/mol. The van der Waals surface area contributed by atoms with Crippen molar-refractivity contribution in [3.63, 3.8) is 0 Å². The highest BCUT2D eigenvalue weighted by Crippen LogP contribution is 2.22. The maximum Gasteiger partial charge on any atom is 0.305 e. The summed E-state index contributed by atoms with van der Waals surface area (Å²) >= 11 is 0. The SMILES string of the molecule is COC(=O)CCCCCCCNC(=O)[C@H](Cc1ccccc1)NC(=O)CN(C(=O)[C@H](N)CCS(C)=O)C(=O)[C@@H](N)Cc1c(C)cc(O)cc1C. The van der Waals surface area contributed by atoms with E-state index in [-0.39, 0.29) is 36.7 Å². The number of unbranched alkanes of at least 4 members (excludes halogenated alkanes) is 4. The summed E-state index contributed by atoms with van der Waals surface area (Å²) < 4.78 is 16.3. The summed E-state index contributed by atoms with van der Waals surface area (Å²) in [7, 11) is 0.119. The van der Waals surface area contributed by atoms with Gasteiger partial charge in [0.05, 0.1) is 19.2 Å². The predicted octanol–water partition coefficient (Wildman–Crippen LogP) is 1.69. The smallest absolute Gasteiger partial charge is 0.305 e. The van der Waals surface area contributed by atoms with Crippen molar-refractivity contribution in [3.8, 4) is 5.75 Å². The number of carbonyl (C=O) groups excluding carboxylic acids is 5. The van der Waals surface area contributed by atoms with Crippen LogP contribution in [0.25, 0.3) is 0 Å². The molecule has 0 aliphatic rings. The van der Waals surface area contributed by atoms with Gasteiger partial charge in [0.1, 0.15) is 18.3 Å². The maximum absolute atomic E-state index is 13.7. The van der Waals surface area contributed by atoms with Crippen LogP contribution in [-0.4, -0.2) is 94.1 Å². The van der Waals surface area contributed by atoms with Gasteiger partial charge in [0.2, 0.25) is 23.6 Å². The second-order valence-corrected chi connectivity index (χ2v) is 14.1. The molecule has 2 aromatic carbocycles. The highest BCUT2D eigenvalue weighted by atomic mass is 32.2. The molecule has 14 heteroatoms. The van der Waals surface area contributed by atoms with Crippen molar-refractivity contribution in [1.82, 2.24) is 15.5 Å². The van der Waals surface area contributed by atoms with Gasteiger partial charge in [-0.15, -0.1) is 0 Å². The van der Waals surface area contributed by atoms with Crippen molar-refractivity contribution in [3.05, 3.63) is 64.7 Å². The molecule has 2 rings (SSSR count). The highest BCUT2D eigenvalue weighted by Gasteiger charge is 2.33. The quantitative estimate of drug-likeness (QED) is 0.0933. The van der Waals surface area contributed by atoms with Gasteiger partial charge in [0, 0.05) is 42.2 Å². The fourth-order valence-corrected chi connectivity index (χ4v) is 6.07. The van der Waals surface area contributed by atoms with Gasteiger partial charge in [-0.05, 0) is 73.9 Å². The number of phenols is 1. The van der Waals surface area contributed by atoms with E-state index in [1.807, 2.05) is 30.3 Å². The molecular weight excluding hydrogens is 662 g/mol. The Labute approximate surface area is 297 Å². The molecule has 2 aromatic rings. The van der Waals surface area contributed by atoms with Gasteiger partial charge in [-0.2, -0.15) is 0 Å². The summed E-state index contributed by atoms with van der Waals surface area (Å²) in [6.07, 6.45) is 6.07. The number of nitrogens with two attached hydrogens (primary N) is 2. The van der Waals surface area contributed by atoms with E-state index in [9.17, 15) is 33.3 Å². The minimum absolute atomic E-state index is 0.0169. The predicted molar refractivity (Wildman–Crippen MR) is 192 cm³/mol. The lowest BCUT2D eigenvalue weighted by Crippen LogP contribution is -2.57. The number of phenolic OH excluding ortho intramolecular Hbond substituents is 1. The van der Waals surface area contributed by atoms with Crippen LogP contribution in [0.4, 0.5) is 0 Å². The normalized spacial score (nSPS) is 13.4. The molecule has 13 nitrogen and oxygen atoms in total. The number of imide groups is 1. The number of hydrogen-bond acceptors (Lipinski definition) is 10. The summed E-state index contributed by atoms with van der Waals surface area (Å²) in [6.45, 7) is 3.18. The lowest BCUT2D eigenvalue weighted by atomic mass is 9.95.